The lowest BCUT2D eigenvalue weighted by atomic mass is 10.1. The van der Waals surface area contributed by atoms with Crippen LogP contribution in [-0.4, -0.2) is 18.1 Å². The zero-order valence-corrected chi connectivity index (χ0v) is 10.6. The van der Waals surface area contributed by atoms with Gasteiger partial charge in [-0.25, -0.2) is 4.98 Å². The lowest BCUT2D eigenvalue weighted by molar-refractivity contribution is 0.580. The van der Waals surface area contributed by atoms with Crippen molar-refractivity contribution in [3.05, 3.63) is 36.5 Å². The first kappa shape index (κ1) is 10.8. The molecule has 0 saturated carbocycles. The Kier molecular flexibility index (Phi) is 3.10. The third kappa shape index (κ3) is 2.34. The molecule has 88 valence electrons. The smallest absolute Gasteiger partial charge is 0.125 e. The molecule has 0 atom stereocenters. The molecule has 0 bridgehead atoms. The van der Waals surface area contributed by atoms with Gasteiger partial charge in [0.15, 0.2) is 0 Å². The van der Waals surface area contributed by atoms with Crippen LogP contribution in [0, 0.1) is 0 Å². The van der Waals surface area contributed by atoms with Crippen LogP contribution in [0.5, 0.6) is 0 Å². The van der Waals surface area contributed by atoms with Gasteiger partial charge in [0.1, 0.15) is 10.0 Å². The second-order valence-corrected chi connectivity index (χ2v) is 5.43. The van der Waals surface area contributed by atoms with Crippen LogP contribution < -0.4 is 4.90 Å². The Morgan fingerprint density at radius 1 is 1.00 bits per heavy atom. The van der Waals surface area contributed by atoms with Gasteiger partial charge in [-0.3, -0.25) is 0 Å². The fourth-order valence-electron chi connectivity index (χ4n) is 2.24. The summed E-state index contributed by atoms with van der Waals surface area (Å²) >= 11 is 1.81. The van der Waals surface area contributed by atoms with E-state index in [9.17, 15) is 0 Å². The molecule has 1 aromatic carbocycles. The summed E-state index contributed by atoms with van der Waals surface area (Å²) in [5.41, 5.74) is 1.22. The maximum atomic E-state index is 4.54. The Morgan fingerprint density at radius 2 is 1.76 bits per heavy atom. The van der Waals surface area contributed by atoms with Crippen molar-refractivity contribution < 1.29 is 0 Å². The summed E-state index contributed by atoms with van der Waals surface area (Å²) in [6.07, 6.45) is 6.04. The number of piperidine rings is 1. The van der Waals surface area contributed by atoms with Crippen molar-refractivity contribution in [2.24, 2.45) is 0 Å². The first-order chi connectivity index (χ1) is 8.43. The van der Waals surface area contributed by atoms with Crippen molar-refractivity contribution >= 4 is 16.3 Å². The lowest BCUT2D eigenvalue weighted by Gasteiger charge is -2.26. The molecule has 1 aliphatic rings. The van der Waals surface area contributed by atoms with E-state index in [-0.39, 0.29) is 0 Å². The van der Waals surface area contributed by atoms with E-state index >= 15 is 0 Å². The number of nitrogens with zero attached hydrogens (tertiary/aromatic N) is 2. The third-order valence-corrected chi connectivity index (χ3v) is 4.29. The molecule has 17 heavy (non-hydrogen) atoms. The van der Waals surface area contributed by atoms with E-state index in [0.29, 0.717) is 0 Å². The molecule has 0 amide bonds. The minimum Gasteiger partial charge on any atom is -0.362 e. The van der Waals surface area contributed by atoms with E-state index < -0.39 is 0 Å². The van der Waals surface area contributed by atoms with Crippen molar-refractivity contribution in [1.82, 2.24) is 4.98 Å². The first-order valence-corrected chi connectivity index (χ1v) is 7.01. The van der Waals surface area contributed by atoms with Crippen molar-refractivity contribution in [2.75, 3.05) is 18.0 Å². The highest BCUT2D eigenvalue weighted by atomic mass is 32.1. The Bertz CT molecular complexity index is 472. The normalized spacial score (nSPS) is 16.1. The Morgan fingerprint density at radius 3 is 2.53 bits per heavy atom. The largest absolute Gasteiger partial charge is 0.362 e. The van der Waals surface area contributed by atoms with Gasteiger partial charge in [0.25, 0.3) is 0 Å². The highest BCUT2D eigenvalue weighted by Gasteiger charge is 2.14. The third-order valence-electron chi connectivity index (χ3n) is 3.18. The summed E-state index contributed by atoms with van der Waals surface area (Å²) in [6, 6.07) is 10.4. The number of anilines is 1. The van der Waals surface area contributed by atoms with E-state index in [1.54, 1.807) is 0 Å². The summed E-state index contributed by atoms with van der Waals surface area (Å²) in [5.74, 6) is 0. The van der Waals surface area contributed by atoms with Gasteiger partial charge in [-0.1, -0.05) is 41.7 Å². The van der Waals surface area contributed by atoms with Crippen LogP contribution in [0.1, 0.15) is 19.3 Å². The summed E-state index contributed by atoms with van der Waals surface area (Å²) in [4.78, 5) is 7.00. The molecule has 0 spiro atoms. The SMILES string of the molecule is c1ccc(-c2ncc(N3CCCCC3)s2)cc1. The number of benzene rings is 1. The second kappa shape index (κ2) is 4.88. The van der Waals surface area contributed by atoms with Crippen LogP contribution in [-0.2, 0) is 0 Å². The van der Waals surface area contributed by atoms with Gasteiger partial charge in [0.05, 0.1) is 6.20 Å². The second-order valence-electron chi connectivity index (χ2n) is 4.42. The van der Waals surface area contributed by atoms with E-state index in [1.165, 1.54) is 42.9 Å². The molecular weight excluding hydrogens is 228 g/mol. The molecule has 3 heteroatoms. The van der Waals surface area contributed by atoms with E-state index in [1.807, 2.05) is 23.6 Å². The highest BCUT2D eigenvalue weighted by Crippen LogP contribution is 2.32. The van der Waals surface area contributed by atoms with Crippen LogP contribution in [0.25, 0.3) is 10.6 Å². The van der Waals surface area contributed by atoms with Gasteiger partial charge in [-0.15, -0.1) is 0 Å². The summed E-state index contributed by atoms with van der Waals surface area (Å²) in [5, 5.41) is 2.45. The number of hydrogen-bond acceptors (Lipinski definition) is 3. The molecule has 2 aromatic rings. The number of aromatic nitrogens is 1. The van der Waals surface area contributed by atoms with Crippen LogP contribution in [0.4, 0.5) is 5.00 Å². The van der Waals surface area contributed by atoms with Crippen molar-refractivity contribution in [3.8, 4) is 10.6 Å². The fourth-order valence-corrected chi connectivity index (χ4v) is 3.21. The van der Waals surface area contributed by atoms with E-state index in [4.69, 9.17) is 0 Å². The Balaban J connectivity index is 1.83. The standard InChI is InChI=1S/C14H16N2S/c1-3-7-12(8-4-1)14-15-11-13(17-14)16-9-5-2-6-10-16/h1,3-4,7-8,11H,2,5-6,9-10H2. The van der Waals surface area contributed by atoms with Crippen LogP contribution in [0.15, 0.2) is 36.5 Å². The van der Waals surface area contributed by atoms with Crippen molar-refractivity contribution in [1.29, 1.82) is 0 Å². The molecular formula is C14H16N2S. The Labute approximate surface area is 106 Å². The van der Waals surface area contributed by atoms with Gasteiger partial charge < -0.3 is 4.90 Å². The highest BCUT2D eigenvalue weighted by molar-refractivity contribution is 7.18. The monoisotopic (exact) mass is 244 g/mol. The molecule has 1 aliphatic heterocycles. The zero-order chi connectivity index (χ0) is 11.5. The average Bonchev–Trinajstić information content (AvgIpc) is 2.90. The maximum Gasteiger partial charge on any atom is 0.125 e. The average molecular weight is 244 g/mol. The van der Waals surface area contributed by atoms with Crippen molar-refractivity contribution in [2.45, 2.75) is 19.3 Å². The quantitative estimate of drug-likeness (QED) is 0.798. The summed E-state index contributed by atoms with van der Waals surface area (Å²) in [7, 11) is 0. The van der Waals surface area contributed by atoms with Gasteiger partial charge >= 0.3 is 0 Å². The molecule has 0 radical (unpaired) electrons. The predicted octanol–water partition coefficient (Wildman–Crippen LogP) is 3.80. The maximum absolute atomic E-state index is 4.54. The molecule has 2 nitrogen and oxygen atoms in total. The fraction of sp³-hybridized carbons (Fsp3) is 0.357. The van der Waals surface area contributed by atoms with Gasteiger partial charge in [-0.05, 0) is 19.3 Å². The van der Waals surface area contributed by atoms with Crippen LogP contribution >= 0.6 is 11.3 Å². The molecule has 2 heterocycles. The van der Waals surface area contributed by atoms with Crippen LogP contribution in [0.3, 0.4) is 0 Å². The number of thiazole rings is 1. The molecule has 0 N–H and O–H groups in total. The summed E-state index contributed by atoms with van der Waals surface area (Å²) < 4.78 is 0. The number of rotatable bonds is 2. The predicted molar refractivity (Wildman–Crippen MR) is 73.6 cm³/mol. The molecule has 0 unspecified atom stereocenters. The van der Waals surface area contributed by atoms with Gasteiger partial charge in [0, 0.05) is 18.7 Å². The molecule has 1 fully saturated rings. The molecule has 3 rings (SSSR count). The van der Waals surface area contributed by atoms with Crippen LogP contribution in [0.2, 0.25) is 0 Å². The van der Waals surface area contributed by atoms with Crippen molar-refractivity contribution in [3.63, 3.8) is 0 Å². The van der Waals surface area contributed by atoms with Gasteiger partial charge in [-0.2, -0.15) is 0 Å². The topological polar surface area (TPSA) is 16.1 Å². The first-order valence-electron chi connectivity index (χ1n) is 6.20. The van der Waals surface area contributed by atoms with Gasteiger partial charge in [0.2, 0.25) is 0 Å². The minimum absolute atomic E-state index is 1.13. The Hall–Kier alpha value is -1.35. The minimum atomic E-state index is 1.13. The van der Waals surface area contributed by atoms with E-state index in [2.05, 4.69) is 34.1 Å². The lowest BCUT2D eigenvalue weighted by Crippen LogP contribution is -2.28. The summed E-state index contributed by atoms with van der Waals surface area (Å²) in [6.45, 7) is 2.38. The molecule has 1 aromatic heterocycles. The molecule has 1 saturated heterocycles. The zero-order valence-electron chi connectivity index (χ0n) is 9.80. The van der Waals surface area contributed by atoms with E-state index in [0.717, 1.165) is 5.01 Å². The molecule has 0 aliphatic carbocycles. The number of hydrogen-bond donors (Lipinski definition) is 0.